The topological polar surface area (TPSA) is 90.6 Å². The predicted octanol–water partition coefficient (Wildman–Crippen LogP) is 1.48. The van der Waals surface area contributed by atoms with Crippen LogP contribution in [0, 0.1) is 6.92 Å². The van der Waals surface area contributed by atoms with Gasteiger partial charge in [0, 0.05) is 18.5 Å². The molecule has 0 bridgehead atoms. The summed E-state index contributed by atoms with van der Waals surface area (Å²) < 4.78 is 12.1. The minimum absolute atomic E-state index is 0.171. The molecule has 0 aliphatic rings. The van der Waals surface area contributed by atoms with E-state index in [1.807, 2.05) is 6.92 Å². The van der Waals surface area contributed by atoms with E-state index in [4.69, 9.17) is 9.47 Å². The molecule has 2 heterocycles. The second-order valence-corrected chi connectivity index (χ2v) is 6.05. The van der Waals surface area contributed by atoms with E-state index in [0.29, 0.717) is 30.0 Å². The zero-order chi connectivity index (χ0) is 17.1. The summed E-state index contributed by atoms with van der Waals surface area (Å²) in [6, 6.07) is 5.06. The van der Waals surface area contributed by atoms with Crippen LogP contribution < -0.4 is 14.8 Å². The van der Waals surface area contributed by atoms with Gasteiger partial charge in [-0.3, -0.25) is 4.79 Å². The number of fused-ring (bicyclic) bond motifs is 1. The quantitative estimate of drug-likeness (QED) is 0.726. The maximum absolute atomic E-state index is 12.2. The number of amides is 1. The zero-order valence-corrected chi connectivity index (χ0v) is 14.4. The average molecular weight is 347 g/mol. The average Bonchev–Trinajstić information content (AvgIpc) is 3.16. The Kier molecular flexibility index (Phi) is 4.61. The Morgan fingerprint density at radius 1 is 1.25 bits per heavy atom. The molecule has 1 N–H and O–H groups in total. The summed E-state index contributed by atoms with van der Waals surface area (Å²) >= 11 is 1.47. The summed E-state index contributed by atoms with van der Waals surface area (Å²) in [7, 11) is 3.09. The van der Waals surface area contributed by atoms with Crippen LogP contribution in [-0.4, -0.2) is 46.5 Å². The first-order valence-corrected chi connectivity index (χ1v) is 8.12. The van der Waals surface area contributed by atoms with E-state index in [9.17, 15) is 4.79 Å². The zero-order valence-electron chi connectivity index (χ0n) is 13.6. The lowest BCUT2D eigenvalue weighted by Gasteiger charge is -2.09. The van der Waals surface area contributed by atoms with Gasteiger partial charge in [-0.25, -0.2) is 0 Å². The molecule has 2 aromatic heterocycles. The fourth-order valence-electron chi connectivity index (χ4n) is 2.22. The number of aromatic nitrogens is 4. The lowest BCUT2D eigenvalue weighted by Crippen LogP contribution is -2.25. The van der Waals surface area contributed by atoms with Crippen LogP contribution in [-0.2, 0) is 6.42 Å². The molecule has 24 heavy (non-hydrogen) atoms. The van der Waals surface area contributed by atoms with Crippen molar-refractivity contribution in [3.63, 3.8) is 0 Å². The second kappa shape index (κ2) is 6.83. The second-order valence-electron chi connectivity index (χ2n) is 5.01. The SMILES string of the molecule is COc1ccc(C(=O)NCCc2nn3c(C)nnc3s2)cc1OC. The van der Waals surface area contributed by atoms with E-state index in [0.717, 1.165) is 15.8 Å². The van der Waals surface area contributed by atoms with Gasteiger partial charge in [0.15, 0.2) is 17.3 Å². The Morgan fingerprint density at radius 3 is 2.75 bits per heavy atom. The van der Waals surface area contributed by atoms with Gasteiger partial charge in [-0.2, -0.15) is 9.61 Å². The van der Waals surface area contributed by atoms with E-state index in [2.05, 4.69) is 20.6 Å². The van der Waals surface area contributed by atoms with E-state index in [-0.39, 0.29) is 5.91 Å². The van der Waals surface area contributed by atoms with Crippen LogP contribution >= 0.6 is 11.3 Å². The summed E-state index contributed by atoms with van der Waals surface area (Å²) in [5, 5.41) is 16.2. The highest BCUT2D eigenvalue weighted by Gasteiger charge is 2.12. The van der Waals surface area contributed by atoms with Gasteiger partial charge in [-0.05, 0) is 25.1 Å². The minimum atomic E-state index is -0.171. The Bertz CT molecular complexity index is 873. The number of benzene rings is 1. The van der Waals surface area contributed by atoms with Crippen molar-refractivity contribution in [3.05, 3.63) is 34.6 Å². The molecule has 126 valence electrons. The maximum atomic E-state index is 12.2. The Hall–Kier alpha value is -2.68. The number of aryl methyl sites for hydroxylation is 1. The van der Waals surface area contributed by atoms with Crippen LogP contribution in [0.15, 0.2) is 18.2 Å². The third-order valence-corrected chi connectivity index (χ3v) is 4.42. The molecule has 8 nitrogen and oxygen atoms in total. The Labute approximate surface area is 142 Å². The van der Waals surface area contributed by atoms with Crippen molar-refractivity contribution in [2.75, 3.05) is 20.8 Å². The molecular formula is C15H17N5O3S. The fraction of sp³-hybridized carbons (Fsp3) is 0.333. The Morgan fingerprint density at radius 2 is 2.04 bits per heavy atom. The smallest absolute Gasteiger partial charge is 0.251 e. The minimum Gasteiger partial charge on any atom is -0.493 e. The van der Waals surface area contributed by atoms with Gasteiger partial charge in [0.25, 0.3) is 5.91 Å². The number of methoxy groups -OCH3 is 2. The monoisotopic (exact) mass is 347 g/mol. The van der Waals surface area contributed by atoms with Crippen LogP contribution in [0.4, 0.5) is 0 Å². The molecule has 1 amide bonds. The van der Waals surface area contributed by atoms with Gasteiger partial charge in [-0.15, -0.1) is 10.2 Å². The first kappa shape index (κ1) is 16.2. The molecule has 0 radical (unpaired) electrons. The summed E-state index contributed by atoms with van der Waals surface area (Å²) in [6.07, 6.45) is 0.631. The maximum Gasteiger partial charge on any atom is 0.251 e. The number of carbonyl (C=O) groups excluding carboxylic acids is 1. The third-order valence-electron chi connectivity index (χ3n) is 3.46. The van der Waals surface area contributed by atoms with Gasteiger partial charge in [0.1, 0.15) is 5.01 Å². The van der Waals surface area contributed by atoms with Crippen molar-refractivity contribution in [1.29, 1.82) is 0 Å². The number of ether oxygens (including phenoxy) is 2. The van der Waals surface area contributed by atoms with Gasteiger partial charge < -0.3 is 14.8 Å². The molecular weight excluding hydrogens is 330 g/mol. The third kappa shape index (κ3) is 3.16. The Balaban J connectivity index is 1.60. The van der Waals surface area contributed by atoms with Crippen molar-refractivity contribution < 1.29 is 14.3 Å². The van der Waals surface area contributed by atoms with Crippen LogP contribution in [0.2, 0.25) is 0 Å². The normalized spacial score (nSPS) is 10.8. The predicted molar refractivity (Wildman–Crippen MR) is 89.0 cm³/mol. The molecule has 0 spiro atoms. The van der Waals surface area contributed by atoms with Crippen LogP contribution in [0.1, 0.15) is 21.2 Å². The number of carbonyl (C=O) groups is 1. The number of nitrogens with zero attached hydrogens (tertiary/aromatic N) is 4. The summed E-state index contributed by atoms with van der Waals surface area (Å²) in [4.78, 5) is 13.0. The van der Waals surface area contributed by atoms with Crippen molar-refractivity contribution in [2.24, 2.45) is 0 Å². The highest BCUT2D eigenvalue weighted by molar-refractivity contribution is 7.16. The van der Waals surface area contributed by atoms with Crippen molar-refractivity contribution in [3.8, 4) is 11.5 Å². The molecule has 0 fully saturated rings. The lowest BCUT2D eigenvalue weighted by molar-refractivity contribution is 0.0953. The number of rotatable bonds is 6. The molecule has 0 saturated heterocycles. The van der Waals surface area contributed by atoms with Gasteiger partial charge in [0.2, 0.25) is 4.96 Å². The summed E-state index contributed by atoms with van der Waals surface area (Å²) in [6.45, 7) is 2.33. The first-order valence-electron chi connectivity index (χ1n) is 7.30. The van der Waals surface area contributed by atoms with Gasteiger partial charge in [0.05, 0.1) is 14.2 Å². The standard InChI is InChI=1S/C15H17N5O3S/c1-9-17-18-15-20(9)19-13(24-15)6-7-16-14(21)10-4-5-11(22-2)12(8-10)23-3/h4-5,8H,6-7H2,1-3H3,(H,16,21). The molecule has 9 heteroatoms. The van der Waals surface area contributed by atoms with Crippen molar-refractivity contribution >= 4 is 22.2 Å². The van der Waals surface area contributed by atoms with Gasteiger partial charge >= 0.3 is 0 Å². The van der Waals surface area contributed by atoms with Crippen LogP contribution in [0.3, 0.4) is 0 Å². The highest BCUT2D eigenvalue weighted by Crippen LogP contribution is 2.27. The first-order chi connectivity index (χ1) is 11.6. The lowest BCUT2D eigenvalue weighted by atomic mass is 10.2. The molecule has 0 unspecified atom stereocenters. The van der Waals surface area contributed by atoms with E-state index in [1.54, 1.807) is 29.8 Å². The van der Waals surface area contributed by atoms with Crippen molar-refractivity contribution in [2.45, 2.75) is 13.3 Å². The fourth-order valence-corrected chi connectivity index (χ4v) is 3.10. The number of hydrogen-bond donors (Lipinski definition) is 1. The molecule has 0 atom stereocenters. The largest absolute Gasteiger partial charge is 0.493 e. The van der Waals surface area contributed by atoms with E-state index < -0.39 is 0 Å². The molecule has 3 aromatic rings. The van der Waals surface area contributed by atoms with Crippen LogP contribution in [0.25, 0.3) is 4.96 Å². The molecule has 0 saturated carbocycles. The van der Waals surface area contributed by atoms with Crippen molar-refractivity contribution in [1.82, 2.24) is 25.1 Å². The molecule has 1 aromatic carbocycles. The highest BCUT2D eigenvalue weighted by atomic mass is 32.1. The molecule has 0 aliphatic heterocycles. The van der Waals surface area contributed by atoms with E-state index >= 15 is 0 Å². The van der Waals surface area contributed by atoms with Crippen LogP contribution in [0.5, 0.6) is 11.5 Å². The number of hydrogen-bond acceptors (Lipinski definition) is 7. The summed E-state index contributed by atoms with van der Waals surface area (Å²) in [5.74, 6) is 1.69. The van der Waals surface area contributed by atoms with E-state index in [1.165, 1.54) is 18.4 Å². The molecule has 0 aliphatic carbocycles. The number of nitrogens with one attached hydrogen (secondary N) is 1. The van der Waals surface area contributed by atoms with Gasteiger partial charge in [-0.1, -0.05) is 11.3 Å². The summed E-state index contributed by atoms with van der Waals surface area (Å²) in [5.41, 5.74) is 0.515. The molecule has 3 rings (SSSR count).